The van der Waals surface area contributed by atoms with E-state index in [2.05, 4.69) is 15.7 Å². The maximum atomic E-state index is 13.1. The SMILES string of the molecule is COc1ccc(-c2cc(C(=O)Nc3ccc(CC(=O)NC(C)C)cc3)nn2-c2ccccc2)cc1. The molecular weight excluding hydrogens is 440 g/mol. The van der Waals surface area contributed by atoms with Crippen LogP contribution in [0, 0.1) is 0 Å². The molecule has 3 aromatic carbocycles. The fraction of sp³-hybridized carbons (Fsp3) is 0.179. The Morgan fingerprint density at radius 3 is 2.26 bits per heavy atom. The zero-order valence-electron chi connectivity index (χ0n) is 20.0. The largest absolute Gasteiger partial charge is 0.497 e. The van der Waals surface area contributed by atoms with E-state index in [1.165, 1.54) is 0 Å². The lowest BCUT2D eigenvalue weighted by molar-refractivity contribution is -0.120. The fourth-order valence-electron chi connectivity index (χ4n) is 3.68. The van der Waals surface area contributed by atoms with Gasteiger partial charge in [-0.05, 0) is 74.0 Å². The topological polar surface area (TPSA) is 85.2 Å². The quantitative estimate of drug-likeness (QED) is 0.386. The number of ether oxygens (including phenoxy) is 1. The normalized spacial score (nSPS) is 10.7. The Bertz CT molecular complexity index is 1290. The first-order valence-electron chi connectivity index (χ1n) is 11.4. The summed E-state index contributed by atoms with van der Waals surface area (Å²) in [5.74, 6) is 0.400. The lowest BCUT2D eigenvalue weighted by Gasteiger charge is -2.09. The van der Waals surface area contributed by atoms with Crippen LogP contribution in [-0.4, -0.2) is 34.7 Å². The number of methoxy groups -OCH3 is 1. The van der Waals surface area contributed by atoms with E-state index in [0.717, 1.165) is 28.3 Å². The molecule has 0 aliphatic rings. The van der Waals surface area contributed by atoms with Crippen LogP contribution in [0.5, 0.6) is 5.75 Å². The van der Waals surface area contributed by atoms with Gasteiger partial charge in [-0.15, -0.1) is 0 Å². The van der Waals surface area contributed by atoms with Crippen LogP contribution >= 0.6 is 0 Å². The van der Waals surface area contributed by atoms with Crippen molar-refractivity contribution in [2.75, 3.05) is 12.4 Å². The van der Waals surface area contributed by atoms with Crippen LogP contribution in [0.1, 0.15) is 29.9 Å². The van der Waals surface area contributed by atoms with Gasteiger partial charge in [0, 0.05) is 17.3 Å². The monoisotopic (exact) mass is 468 g/mol. The number of carbonyl (C=O) groups is 2. The third kappa shape index (κ3) is 5.95. The molecule has 0 saturated carbocycles. The van der Waals surface area contributed by atoms with E-state index in [1.807, 2.05) is 80.6 Å². The van der Waals surface area contributed by atoms with E-state index >= 15 is 0 Å². The van der Waals surface area contributed by atoms with E-state index in [9.17, 15) is 9.59 Å². The minimum Gasteiger partial charge on any atom is -0.497 e. The summed E-state index contributed by atoms with van der Waals surface area (Å²) in [5, 5.41) is 10.4. The number of para-hydroxylation sites is 1. The van der Waals surface area contributed by atoms with Crippen molar-refractivity contribution in [1.29, 1.82) is 0 Å². The molecule has 0 unspecified atom stereocenters. The molecule has 0 bridgehead atoms. The number of hydrogen-bond donors (Lipinski definition) is 2. The molecule has 2 N–H and O–H groups in total. The molecule has 1 heterocycles. The van der Waals surface area contributed by atoms with Crippen molar-refractivity contribution in [3.05, 3.63) is 96.2 Å². The molecule has 7 nitrogen and oxygen atoms in total. The molecule has 7 heteroatoms. The van der Waals surface area contributed by atoms with E-state index < -0.39 is 0 Å². The predicted molar refractivity (Wildman–Crippen MR) is 137 cm³/mol. The molecule has 2 amide bonds. The molecule has 35 heavy (non-hydrogen) atoms. The van der Waals surface area contributed by atoms with Gasteiger partial charge in [-0.1, -0.05) is 30.3 Å². The first kappa shape index (κ1) is 23.8. The van der Waals surface area contributed by atoms with Gasteiger partial charge in [0.2, 0.25) is 5.91 Å². The average molecular weight is 469 g/mol. The van der Waals surface area contributed by atoms with Crippen LogP contribution in [-0.2, 0) is 11.2 Å². The number of anilines is 1. The summed E-state index contributed by atoms with van der Waals surface area (Å²) in [4.78, 5) is 25.0. The highest BCUT2D eigenvalue weighted by Gasteiger charge is 2.17. The van der Waals surface area contributed by atoms with Gasteiger partial charge >= 0.3 is 0 Å². The number of amides is 2. The van der Waals surface area contributed by atoms with Crippen LogP contribution in [0.2, 0.25) is 0 Å². The zero-order chi connectivity index (χ0) is 24.8. The Hall–Kier alpha value is -4.39. The average Bonchev–Trinajstić information content (AvgIpc) is 3.31. The van der Waals surface area contributed by atoms with Crippen LogP contribution in [0.15, 0.2) is 84.9 Å². The molecule has 0 atom stereocenters. The lowest BCUT2D eigenvalue weighted by atomic mass is 10.1. The number of aromatic nitrogens is 2. The van der Waals surface area contributed by atoms with Crippen LogP contribution in [0.25, 0.3) is 16.9 Å². The molecule has 0 aliphatic heterocycles. The molecule has 1 aromatic heterocycles. The van der Waals surface area contributed by atoms with Crippen molar-refractivity contribution in [2.24, 2.45) is 0 Å². The van der Waals surface area contributed by atoms with Gasteiger partial charge in [-0.3, -0.25) is 9.59 Å². The lowest BCUT2D eigenvalue weighted by Crippen LogP contribution is -2.31. The second-order valence-corrected chi connectivity index (χ2v) is 8.44. The Morgan fingerprint density at radius 1 is 0.943 bits per heavy atom. The minimum absolute atomic E-state index is 0.0331. The molecular formula is C28H28N4O3. The number of rotatable bonds is 8. The van der Waals surface area contributed by atoms with E-state index in [1.54, 1.807) is 30.0 Å². The van der Waals surface area contributed by atoms with Gasteiger partial charge in [0.1, 0.15) is 5.75 Å². The van der Waals surface area contributed by atoms with Crippen molar-refractivity contribution in [3.8, 4) is 22.7 Å². The first-order valence-corrected chi connectivity index (χ1v) is 11.4. The van der Waals surface area contributed by atoms with Gasteiger partial charge in [0.05, 0.1) is 24.9 Å². The maximum Gasteiger partial charge on any atom is 0.276 e. The van der Waals surface area contributed by atoms with E-state index in [4.69, 9.17) is 4.74 Å². The van der Waals surface area contributed by atoms with Crippen molar-refractivity contribution in [1.82, 2.24) is 15.1 Å². The van der Waals surface area contributed by atoms with Crippen LogP contribution < -0.4 is 15.4 Å². The molecule has 0 radical (unpaired) electrons. The summed E-state index contributed by atoms with van der Waals surface area (Å²) in [6.45, 7) is 3.85. The third-order valence-corrected chi connectivity index (χ3v) is 5.35. The Labute approximate surface area is 204 Å². The number of hydrogen-bond acceptors (Lipinski definition) is 4. The molecule has 4 rings (SSSR count). The second kappa shape index (κ2) is 10.7. The Balaban J connectivity index is 1.56. The summed E-state index contributed by atoms with van der Waals surface area (Å²) >= 11 is 0. The first-order chi connectivity index (χ1) is 16.9. The zero-order valence-corrected chi connectivity index (χ0v) is 20.0. The number of benzene rings is 3. The molecule has 178 valence electrons. The van der Waals surface area contributed by atoms with Gasteiger partial charge in [0.15, 0.2) is 5.69 Å². The summed E-state index contributed by atoms with van der Waals surface area (Å²) < 4.78 is 7.02. The van der Waals surface area contributed by atoms with E-state index in [0.29, 0.717) is 17.8 Å². The van der Waals surface area contributed by atoms with Gasteiger partial charge in [-0.2, -0.15) is 5.10 Å². The third-order valence-electron chi connectivity index (χ3n) is 5.35. The van der Waals surface area contributed by atoms with Crippen molar-refractivity contribution in [2.45, 2.75) is 26.3 Å². The van der Waals surface area contributed by atoms with Crippen LogP contribution in [0.3, 0.4) is 0 Å². The van der Waals surface area contributed by atoms with Gasteiger partial charge in [0.25, 0.3) is 5.91 Å². The van der Waals surface area contributed by atoms with E-state index in [-0.39, 0.29) is 17.9 Å². The van der Waals surface area contributed by atoms with Crippen molar-refractivity contribution in [3.63, 3.8) is 0 Å². The number of carbonyl (C=O) groups excluding carboxylic acids is 2. The summed E-state index contributed by atoms with van der Waals surface area (Å²) in [6.07, 6.45) is 0.291. The van der Waals surface area contributed by atoms with Crippen LogP contribution in [0.4, 0.5) is 5.69 Å². The second-order valence-electron chi connectivity index (χ2n) is 8.44. The fourth-order valence-corrected chi connectivity index (χ4v) is 3.68. The molecule has 4 aromatic rings. The maximum absolute atomic E-state index is 13.1. The Morgan fingerprint density at radius 2 is 1.63 bits per heavy atom. The predicted octanol–water partition coefficient (Wildman–Crippen LogP) is 4.87. The number of nitrogens with one attached hydrogen (secondary N) is 2. The summed E-state index contributed by atoms with van der Waals surface area (Å²) in [6, 6.07) is 26.4. The van der Waals surface area contributed by atoms with Gasteiger partial charge < -0.3 is 15.4 Å². The summed E-state index contributed by atoms with van der Waals surface area (Å²) in [7, 11) is 1.62. The van der Waals surface area contributed by atoms with Crippen molar-refractivity contribution >= 4 is 17.5 Å². The molecule has 0 fully saturated rings. The van der Waals surface area contributed by atoms with Gasteiger partial charge in [-0.25, -0.2) is 4.68 Å². The smallest absolute Gasteiger partial charge is 0.276 e. The summed E-state index contributed by atoms with van der Waals surface area (Å²) in [5.41, 5.74) is 4.33. The molecule has 0 saturated heterocycles. The highest BCUT2D eigenvalue weighted by atomic mass is 16.5. The Kier molecular flexibility index (Phi) is 7.26. The number of nitrogens with zero attached hydrogens (tertiary/aromatic N) is 2. The standard InChI is InChI=1S/C28H28N4O3/c1-19(2)29-27(33)17-20-9-13-22(14-10-20)30-28(34)25-18-26(21-11-15-24(35-3)16-12-21)32(31-25)23-7-5-4-6-8-23/h4-16,18-19H,17H2,1-3H3,(H,29,33)(H,30,34). The van der Waals surface area contributed by atoms with Crippen molar-refractivity contribution < 1.29 is 14.3 Å². The molecule has 0 spiro atoms. The highest BCUT2D eigenvalue weighted by Crippen LogP contribution is 2.26. The highest BCUT2D eigenvalue weighted by molar-refractivity contribution is 6.03. The minimum atomic E-state index is -0.320. The molecule has 0 aliphatic carbocycles.